The molecule has 0 aliphatic rings. The van der Waals surface area contributed by atoms with Crippen molar-refractivity contribution >= 4 is 18.4 Å². The highest BCUT2D eigenvalue weighted by Gasteiger charge is 2.32. The van der Waals surface area contributed by atoms with Gasteiger partial charge in [-0.2, -0.15) is 0 Å². The van der Waals surface area contributed by atoms with Gasteiger partial charge in [0.2, 0.25) is 6.57 Å². The molecule has 0 saturated carbocycles. The Labute approximate surface area is 192 Å². The molecular weight excluding hydrogens is 419 g/mol. The van der Waals surface area contributed by atoms with Gasteiger partial charge in [0.05, 0.1) is 0 Å². The predicted molar refractivity (Wildman–Crippen MR) is 136 cm³/mol. The summed E-state index contributed by atoms with van der Waals surface area (Å²) in [6, 6.07) is 31.4. The van der Waals surface area contributed by atoms with Crippen LogP contribution < -0.4 is 5.09 Å². The number of benzene rings is 3. The molecule has 3 unspecified atom stereocenters. The Bertz CT molecular complexity index is 996. The number of hydrogen-bond donors (Lipinski definition) is 1. The Morgan fingerprint density at radius 3 is 1.94 bits per heavy atom. The SMILES string of the molecule is C/C=C/C(OP(=S)(NC)N(C)C(Cc1ccccc1)c1ccccc1)c1ccccc1. The molecule has 0 fully saturated rings. The summed E-state index contributed by atoms with van der Waals surface area (Å²) in [4.78, 5) is 0. The topological polar surface area (TPSA) is 24.5 Å². The first-order valence-corrected chi connectivity index (χ1v) is 13.2. The Morgan fingerprint density at radius 2 is 1.42 bits per heavy atom. The number of allylic oxidation sites excluding steroid dienone is 1. The maximum Gasteiger partial charge on any atom is 0.201 e. The Kier molecular flexibility index (Phi) is 8.77. The van der Waals surface area contributed by atoms with Crippen LogP contribution in [0.5, 0.6) is 0 Å². The van der Waals surface area contributed by atoms with Crippen LogP contribution in [0.1, 0.15) is 35.8 Å². The molecule has 0 bridgehead atoms. The quantitative estimate of drug-likeness (QED) is 0.275. The van der Waals surface area contributed by atoms with Crippen molar-refractivity contribution < 1.29 is 4.52 Å². The van der Waals surface area contributed by atoms with Gasteiger partial charge in [-0.15, -0.1) is 0 Å². The smallest absolute Gasteiger partial charge is 0.201 e. The first kappa shape index (κ1) is 23.6. The standard InChI is InChI=1S/C26H31N2OPS/c1-4-14-26(24-19-12-7-13-20-24)29-30(31,27-2)28(3)25(23-17-10-6-11-18-23)21-22-15-8-5-9-16-22/h4-20,25-26H,21H2,1-3H3,(H,27,31)/b14-4+. The Hall–Kier alpha value is -2.07. The van der Waals surface area contributed by atoms with E-state index in [0.29, 0.717) is 0 Å². The lowest BCUT2D eigenvalue weighted by atomic mass is 9.99. The van der Waals surface area contributed by atoms with E-state index in [1.165, 1.54) is 11.1 Å². The van der Waals surface area contributed by atoms with Crippen LogP contribution in [0.4, 0.5) is 0 Å². The van der Waals surface area contributed by atoms with Gasteiger partial charge in [0.1, 0.15) is 6.10 Å². The third-order valence-corrected chi connectivity index (χ3v) is 9.12. The third kappa shape index (κ3) is 6.22. The third-order valence-electron chi connectivity index (χ3n) is 5.36. The van der Waals surface area contributed by atoms with Gasteiger partial charge < -0.3 is 4.52 Å². The molecule has 0 radical (unpaired) electrons. The van der Waals surface area contributed by atoms with E-state index < -0.39 is 6.57 Å². The number of nitrogens with zero attached hydrogens (tertiary/aromatic N) is 1. The van der Waals surface area contributed by atoms with E-state index in [1.807, 2.05) is 50.4 Å². The zero-order valence-corrected chi connectivity index (χ0v) is 20.1. The van der Waals surface area contributed by atoms with Crippen molar-refractivity contribution in [1.82, 2.24) is 9.76 Å². The van der Waals surface area contributed by atoms with Gasteiger partial charge in [0.25, 0.3) is 0 Å². The maximum atomic E-state index is 6.67. The molecule has 0 aliphatic carbocycles. The minimum atomic E-state index is -2.54. The van der Waals surface area contributed by atoms with E-state index in [4.69, 9.17) is 16.3 Å². The second-order valence-corrected chi connectivity index (χ2v) is 11.2. The van der Waals surface area contributed by atoms with Gasteiger partial charge in [-0.3, -0.25) is 5.09 Å². The average Bonchev–Trinajstić information content (AvgIpc) is 2.83. The number of rotatable bonds is 10. The fourth-order valence-corrected chi connectivity index (χ4v) is 5.90. The normalized spacial score (nSPS) is 15.6. The summed E-state index contributed by atoms with van der Waals surface area (Å²) >= 11 is 6.18. The lowest BCUT2D eigenvalue weighted by Crippen LogP contribution is -2.30. The predicted octanol–water partition coefficient (Wildman–Crippen LogP) is 6.68. The highest BCUT2D eigenvalue weighted by atomic mass is 32.5. The summed E-state index contributed by atoms with van der Waals surface area (Å²) in [5.74, 6) is 0. The highest BCUT2D eigenvalue weighted by molar-refractivity contribution is 8.10. The van der Waals surface area contributed by atoms with Crippen molar-refractivity contribution in [3.63, 3.8) is 0 Å². The lowest BCUT2D eigenvalue weighted by molar-refractivity contribution is 0.238. The van der Waals surface area contributed by atoms with Gasteiger partial charge in [-0.1, -0.05) is 103 Å². The van der Waals surface area contributed by atoms with Gasteiger partial charge in [0.15, 0.2) is 0 Å². The van der Waals surface area contributed by atoms with Gasteiger partial charge in [0, 0.05) is 6.04 Å². The average molecular weight is 451 g/mol. The van der Waals surface area contributed by atoms with Crippen molar-refractivity contribution in [3.05, 3.63) is 120 Å². The molecule has 3 atom stereocenters. The molecule has 3 aromatic rings. The molecule has 3 rings (SSSR count). The molecule has 3 aromatic carbocycles. The summed E-state index contributed by atoms with van der Waals surface area (Å²) in [5.41, 5.74) is 3.59. The molecule has 0 aromatic heterocycles. The van der Waals surface area contributed by atoms with Crippen LogP contribution in [-0.2, 0) is 22.8 Å². The molecule has 0 saturated heterocycles. The molecule has 1 N–H and O–H groups in total. The summed E-state index contributed by atoms with van der Waals surface area (Å²) in [5, 5.41) is 3.37. The number of likely N-dealkylation sites (N-methyl/N-ethyl adjacent to an activating group) is 1. The first-order valence-electron chi connectivity index (χ1n) is 10.5. The minimum absolute atomic E-state index is 0.0870. The van der Waals surface area contributed by atoms with Crippen LogP contribution in [0.15, 0.2) is 103 Å². The van der Waals surface area contributed by atoms with Crippen LogP contribution in [-0.4, -0.2) is 18.8 Å². The highest BCUT2D eigenvalue weighted by Crippen LogP contribution is 2.54. The summed E-state index contributed by atoms with van der Waals surface area (Å²) < 4.78 is 8.90. The van der Waals surface area contributed by atoms with Gasteiger partial charge >= 0.3 is 0 Å². The molecule has 31 heavy (non-hydrogen) atoms. The van der Waals surface area contributed by atoms with E-state index >= 15 is 0 Å². The first-order chi connectivity index (χ1) is 15.1. The van der Waals surface area contributed by atoms with Crippen LogP contribution >= 0.6 is 6.57 Å². The van der Waals surface area contributed by atoms with Crippen molar-refractivity contribution in [3.8, 4) is 0 Å². The zero-order chi connectivity index (χ0) is 22.1. The fraction of sp³-hybridized carbons (Fsp3) is 0.231. The van der Waals surface area contributed by atoms with E-state index in [2.05, 4.69) is 83.5 Å². The molecule has 3 nitrogen and oxygen atoms in total. The summed E-state index contributed by atoms with van der Waals surface area (Å²) in [7, 11) is 3.98. The van der Waals surface area contributed by atoms with E-state index in [1.54, 1.807) is 0 Å². The Balaban J connectivity index is 1.94. The van der Waals surface area contributed by atoms with Crippen molar-refractivity contribution in [2.75, 3.05) is 14.1 Å². The largest absolute Gasteiger partial charge is 0.314 e. The maximum absolute atomic E-state index is 6.67. The number of nitrogens with one attached hydrogen (secondary N) is 1. The monoisotopic (exact) mass is 450 g/mol. The molecule has 0 aliphatic heterocycles. The van der Waals surface area contributed by atoms with Crippen LogP contribution in [0.2, 0.25) is 0 Å². The summed E-state index contributed by atoms with van der Waals surface area (Å²) in [6.45, 7) is -0.528. The van der Waals surface area contributed by atoms with Crippen LogP contribution in [0.3, 0.4) is 0 Å². The van der Waals surface area contributed by atoms with Gasteiger partial charge in [-0.25, -0.2) is 4.67 Å². The second-order valence-electron chi connectivity index (χ2n) is 7.40. The molecule has 0 heterocycles. The van der Waals surface area contributed by atoms with Crippen LogP contribution in [0, 0.1) is 0 Å². The fourth-order valence-electron chi connectivity index (χ4n) is 3.63. The van der Waals surface area contributed by atoms with Gasteiger partial charge in [-0.05, 0) is 55.9 Å². The molecule has 5 heteroatoms. The molecule has 0 spiro atoms. The van der Waals surface area contributed by atoms with Crippen molar-refractivity contribution in [2.45, 2.75) is 25.5 Å². The van der Waals surface area contributed by atoms with Crippen molar-refractivity contribution in [1.29, 1.82) is 0 Å². The lowest BCUT2D eigenvalue weighted by Gasteiger charge is -2.39. The zero-order valence-electron chi connectivity index (χ0n) is 18.4. The number of hydrogen-bond acceptors (Lipinski definition) is 2. The van der Waals surface area contributed by atoms with E-state index in [-0.39, 0.29) is 12.1 Å². The molecule has 0 amide bonds. The Morgan fingerprint density at radius 1 is 0.903 bits per heavy atom. The van der Waals surface area contributed by atoms with Crippen LogP contribution in [0.25, 0.3) is 0 Å². The molecular formula is C26H31N2OPS. The molecule has 162 valence electrons. The van der Waals surface area contributed by atoms with E-state index in [0.717, 1.165) is 12.0 Å². The van der Waals surface area contributed by atoms with Crippen molar-refractivity contribution in [2.24, 2.45) is 0 Å². The summed E-state index contributed by atoms with van der Waals surface area (Å²) in [6.07, 6.45) is 4.73. The minimum Gasteiger partial charge on any atom is -0.314 e. The van der Waals surface area contributed by atoms with E-state index in [9.17, 15) is 0 Å². The second kappa shape index (κ2) is 11.5.